The van der Waals surface area contributed by atoms with Gasteiger partial charge in [0.1, 0.15) is 0 Å². The molecule has 1 N–H and O–H groups in total. The van der Waals surface area contributed by atoms with Crippen LogP contribution in [0.2, 0.25) is 0 Å². The maximum Gasteiger partial charge on any atom is 0.303 e. The normalized spacial score (nSPS) is 12.0. The minimum Gasteiger partial charge on any atom is -0.481 e. The van der Waals surface area contributed by atoms with Crippen molar-refractivity contribution in [2.75, 3.05) is 0 Å². The van der Waals surface area contributed by atoms with Crippen molar-refractivity contribution in [3.63, 3.8) is 0 Å². The molecule has 2 nitrogen and oxygen atoms in total. The summed E-state index contributed by atoms with van der Waals surface area (Å²) < 4.78 is 0. The summed E-state index contributed by atoms with van der Waals surface area (Å²) in [6.07, 6.45) is 26.3. The summed E-state index contributed by atoms with van der Waals surface area (Å²) in [5.41, 5.74) is 0. The van der Waals surface area contributed by atoms with E-state index in [1.54, 1.807) is 0 Å². The first kappa shape index (κ1) is 20.7. The fourth-order valence-electron chi connectivity index (χ4n) is 2.21. The highest BCUT2D eigenvalue weighted by Crippen LogP contribution is 2.06. The van der Waals surface area contributed by atoms with Crippen LogP contribution in [0.25, 0.3) is 0 Å². The lowest BCUT2D eigenvalue weighted by molar-refractivity contribution is -0.137. The number of hydrogen-bond donors (Lipinski definition) is 1. The molecule has 0 atom stereocenters. The largest absolute Gasteiger partial charge is 0.481 e. The first-order valence-corrected chi connectivity index (χ1v) is 8.95. The topological polar surface area (TPSA) is 37.3 Å². The molecular formula is C20H34O2. The summed E-state index contributed by atoms with van der Waals surface area (Å²) in [5, 5.41) is 8.52. The highest BCUT2D eigenvalue weighted by atomic mass is 16.4. The van der Waals surface area contributed by atoms with Gasteiger partial charge in [0.15, 0.2) is 0 Å². The summed E-state index contributed by atoms with van der Waals surface area (Å²) in [6.45, 7) is 2.24. The third-order valence-corrected chi connectivity index (χ3v) is 3.56. The number of aliphatic carboxylic acids is 1. The standard InChI is InChI=1S/C20H34O2/c1-2-3-4-5-6-7-8-9-10-11-12-13-14-15-16-17-18-19-20(21)22/h7-10,12-13H,2-6,11,14-19H2,1H3,(H,21,22)/b8-7+,10-9-,13-12-. The molecular weight excluding hydrogens is 272 g/mol. The molecule has 0 bridgehead atoms. The van der Waals surface area contributed by atoms with Crippen molar-refractivity contribution in [2.45, 2.75) is 84.0 Å². The van der Waals surface area contributed by atoms with E-state index < -0.39 is 5.97 Å². The Kier molecular flexibility index (Phi) is 16.7. The highest BCUT2D eigenvalue weighted by Gasteiger charge is 1.95. The number of hydrogen-bond acceptors (Lipinski definition) is 1. The van der Waals surface area contributed by atoms with Crippen molar-refractivity contribution < 1.29 is 9.90 Å². The average Bonchev–Trinajstić information content (AvgIpc) is 2.50. The summed E-state index contributed by atoms with van der Waals surface area (Å²) in [6, 6.07) is 0. The van der Waals surface area contributed by atoms with Gasteiger partial charge in [-0.3, -0.25) is 4.79 Å². The van der Waals surface area contributed by atoms with E-state index in [9.17, 15) is 4.79 Å². The van der Waals surface area contributed by atoms with E-state index in [-0.39, 0.29) is 0 Å². The quantitative estimate of drug-likeness (QED) is 0.215. The van der Waals surface area contributed by atoms with Crippen LogP contribution in [0, 0.1) is 0 Å². The van der Waals surface area contributed by atoms with Crippen LogP contribution in [0.15, 0.2) is 36.5 Å². The second-order valence-electron chi connectivity index (χ2n) is 5.76. The molecule has 0 heterocycles. The fraction of sp³-hybridized carbons (Fsp3) is 0.650. The van der Waals surface area contributed by atoms with E-state index in [2.05, 4.69) is 43.4 Å². The predicted molar refractivity (Wildman–Crippen MR) is 96.1 cm³/mol. The van der Waals surface area contributed by atoms with E-state index >= 15 is 0 Å². The molecule has 0 aromatic carbocycles. The van der Waals surface area contributed by atoms with Crippen molar-refractivity contribution in [1.29, 1.82) is 0 Å². The maximum absolute atomic E-state index is 10.3. The van der Waals surface area contributed by atoms with Crippen molar-refractivity contribution in [3.8, 4) is 0 Å². The van der Waals surface area contributed by atoms with Crippen LogP contribution in [0.4, 0.5) is 0 Å². The van der Waals surface area contributed by atoms with E-state index in [1.807, 2.05) is 0 Å². The number of carbonyl (C=O) groups is 1. The van der Waals surface area contributed by atoms with Gasteiger partial charge in [0.05, 0.1) is 0 Å². The van der Waals surface area contributed by atoms with Crippen LogP contribution in [0.1, 0.15) is 84.0 Å². The van der Waals surface area contributed by atoms with Crippen LogP contribution in [-0.2, 0) is 4.79 Å². The molecule has 0 spiro atoms. The van der Waals surface area contributed by atoms with Crippen LogP contribution < -0.4 is 0 Å². The molecule has 2 heteroatoms. The van der Waals surface area contributed by atoms with Crippen molar-refractivity contribution in [2.24, 2.45) is 0 Å². The highest BCUT2D eigenvalue weighted by molar-refractivity contribution is 5.66. The lowest BCUT2D eigenvalue weighted by Crippen LogP contribution is -1.93. The van der Waals surface area contributed by atoms with E-state index in [1.165, 1.54) is 32.1 Å². The first-order chi connectivity index (χ1) is 10.8. The summed E-state index contributed by atoms with van der Waals surface area (Å²) in [7, 11) is 0. The smallest absolute Gasteiger partial charge is 0.303 e. The molecule has 0 aliphatic rings. The van der Waals surface area contributed by atoms with E-state index in [0.29, 0.717) is 6.42 Å². The molecule has 0 radical (unpaired) electrons. The Morgan fingerprint density at radius 1 is 0.773 bits per heavy atom. The summed E-state index contributed by atoms with van der Waals surface area (Å²) in [5.74, 6) is -0.679. The van der Waals surface area contributed by atoms with Gasteiger partial charge < -0.3 is 5.11 Å². The first-order valence-electron chi connectivity index (χ1n) is 8.95. The monoisotopic (exact) mass is 306 g/mol. The molecule has 0 amide bonds. The molecule has 0 rings (SSSR count). The van der Waals surface area contributed by atoms with Gasteiger partial charge in [0.2, 0.25) is 0 Å². The van der Waals surface area contributed by atoms with Crippen molar-refractivity contribution in [1.82, 2.24) is 0 Å². The van der Waals surface area contributed by atoms with Gasteiger partial charge in [-0.05, 0) is 38.5 Å². The average molecular weight is 306 g/mol. The molecule has 22 heavy (non-hydrogen) atoms. The number of rotatable bonds is 15. The Bertz CT molecular complexity index is 327. The molecule has 0 saturated heterocycles. The minimum absolute atomic E-state index is 0.312. The molecule has 0 aliphatic carbocycles. The van der Waals surface area contributed by atoms with Crippen LogP contribution in [-0.4, -0.2) is 11.1 Å². The number of unbranched alkanes of at least 4 members (excludes halogenated alkanes) is 8. The summed E-state index contributed by atoms with van der Waals surface area (Å²) in [4.78, 5) is 10.3. The van der Waals surface area contributed by atoms with Crippen LogP contribution in [0.3, 0.4) is 0 Å². The Morgan fingerprint density at radius 2 is 1.41 bits per heavy atom. The third kappa shape index (κ3) is 18.7. The van der Waals surface area contributed by atoms with Crippen molar-refractivity contribution in [3.05, 3.63) is 36.5 Å². The number of carboxylic acid groups (broad SMARTS) is 1. The van der Waals surface area contributed by atoms with Crippen LogP contribution in [0.5, 0.6) is 0 Å². The number of allylic oxidation sites excluding steroid dienone is 6. The third-order valence-electron chi connectivity index (χ3n) is 3.56. The molecule has 0 aromatic heterocycles. The zero-order chi connectivity index (χ0) is 16.3. The van der Waals surface area contributed by atoms with E-state index in [4.69, 9.17) is 5.11 Å². The Labute approximate surface area is 137 Å². The lowest BCUT2D eigenvalue weighted by atomic mass is 10.1. The fourth-order valence-corrected chi connectivity index (χ4v) is 2.21. The molecule has 0 unspecified atom stereocenters. The summed E-state index contributed by atoms with van der Waals surface area (Å²) >= 11 is 0. The zero-order valence-corrected chi connectivity index (χ0v) is 14.3. The molecule has 0 fully saturated rings. The molecule has 0 saturated carbocycles. The zero-order valence-electron chi connectivity index (χ0n) is 14.3. The maximum atomic E-state index is 10.3. The molecule has 126 valence electrons. The SMILES string of the molecule is CCCCCC/C=C/C=C\C/C=C\CCCCCCC(=O)O. The van der Waals surface area contributed by atoms with Gasteiger partial charge in [-0.15, -0.1) is 0 Å². The van der Waals surface area contributed by atoms with Gasteiger partial charge in [0, 0.05) is 6.42 Å². The Balaban J connectivity index is 3.30. The van der Waals surface area contributed by atoms with Gasteiger partial charge in [-0.25, -0.2) is 0 Å². The number of carboxylic acids is 1. The minimum atomic E-state index is -0.679. The van der Waals surface area contributed by atoms with Gasteiger partial charge in [-0.2, -0.15) is 0 Å². The molecule has 0 aromatic rings. The van der Waals surface area contributed by atoms with E-state index in [0.717, 1.165) is 38.5 Å². The predicted octanol–water partition coefficient (Wildman–Crippen LogP) is 6.44. The second-order valence-corrected chi connectivity index (χ2v) is 5.76. The van der Waals surface area contributed by atoms with Gasteiger partial charge >= 0.3 is 5.97 Å². The second kappa shape index (κ2) is 17.7. The Morgan fingerprint density at radius 3 is 2.14 bits per heavy atom. The van der Waals surface area contributed by atoms with Gasteiger partial charge in [0.25, 0.3) is 0 Å². The van der Waals surface area contributed by atoms with Crippen molar-refractivity contribution >= 4 is 5.97 Å². The van der Waals surface area contributed by atoms with Crippen LogP contribution >= 0.6 is 0 Å². The lowest BCUT2D eigenvalue weighted by Gasteiger charge is -1.96. The van der Waals surface area contributed by atoms with Gasteiger partial charge in [-0.1, -0.05) is 75.5 Å². The Hall–Kier alpha value is -1.31. The molecule has 0 aliphatic heterocycles.